The van der Waals surface area contributed by atoms with Crippen molar-refractivity contribution in [2.45, 2.75) is 37.6 Å². The fourth-order valence-corrected chi connectivity index (χ4v) is 1.83. The molecule has 0 aliphatic rings. The Bertz CT molecular complexity index is 491. The number of thiocarbonyl (C=S) groups is 1. The number of hydrogen-bond acceptors (Lipinski definition) is 8. The molecule has 0 fully saturated rings. The Morgan fingerprint density at radius 2 is 1.84 bits per heavy atom. The Balaban J connectivity index is 4.75. The lowest BCUT2D eigenvalue weighted by atomic mass is 10.2. The number of hydrazine groups is 1. The molecule has 11 N–H and O–H groups in total. The molecule has 13 heteroatoms. The number of aliphatic hydroxyl groups excluding tert-OH is 2. The van der Waals surface area contributed by atoms with E-state index in [9.17, 15) is 19.5 Å². The molecular weight excluding hydrogens is 356 g/mol. The van der Waals surface area contributed by atoms with Crippen LogP contribution in [0.25, 0.3) is 0 Å². The van der Waals surface area contributed by atoms with Crippen LogP contribution in [-0.4, -0.2) is 75.6 Å². The summed E-state index contributed by atoms with van der Waals surface area (Å²) in [4.78, 5) is 34.1. The highest BCUT2D eigenvalue weighted by molar-refractivity contribution is 7.80. The van der Waals surface area contributed by atoms with Crippen LogP contribution in [0.2, 0.25) is 0 Å². The lowest BCUT2D eigenvalue weighted by molar-refractivity contribution is -0.141. The zero-order valence-electron chi connectivity index (χ0n) is 13.6. The zero-order chi connectivity index (χ0) is 19.6. The van der Waals surface area contributed by atoms with Crippen LogP contribution in [0.4, 0.5) is 0 Å². The van der Waals surface area contributed by atoms with Crippen molar-refractivity contribution in [1.82, 2.24) is 21.5 Å². The number of nitrogens with two attached hydrogens (primary N) is 2. The van der Waals surface area contributed by atoms with Gasteiger partial charge in [-0.25, -0.2) is 10.2 Å². The first-order valence-electron chi connectivity index (χ1n) is 7.23. The third-order valence-electron chi connectivity index (χ3n) is 2.87. The van der Waals surface area contributed by atoms with Gasteiger partial charge in [-0.1, -0.05) is 0 Å². The van der Waals surface area contributed by atoms with Gasteiger partial charge >= 0.3 is 5.97 Å². The third kappa shape index (κ3) is 9.73. The number of aliphatic carboxylic acids is 1. The van der Waals surface area contributed by atoms with E-state index >= 15 is 0 Å². The van der Waals surface area contributed by atoms with E-state index in [1.165, 1.54) is 6.92 Å². The van der Waals surface area contributed by atoms with Crippen molar-refractivity contribution in [3.05, 3.63) is 0 Å². The molecule has 0 saturated heterocycles. The lowest BCUT2D eigenvalue weighted by Crippen LogP contribution is -2.58. The van der Waals surface area contributed by atoms with Crippen molar-refractivity contribution in [2.24, 2.45) is 11.5 Å². The Hall–Kier alpha value is -2.06. The minimum absolute atomic E-state index is 0.0668. The zero-order valence-corrected chi connectivity index (χ0v) is 14.4. The number of primary amides is 1. The minimum atomic E-state index is -1.40. The van der Waals surface area contributed by atoms with E-state index in [2.05, 4.69) is 21.5 Å². The first-order chi connectivity index (χ1) is 11.6. The number of aliphatic hydroxyl groups is 2. The molecule has 0 aromatic rings. The summed E-state index contributed by atoms with van der Waals surface area (Å²) >= 11 is 4.89. The van der Waals surface area contributed by atoms with Crippen LogP contribution in [0, 0.1) is 0 Å². The van der Waals surface area contributed by atoms with Gasteiger partial charge in [-0.2, -0.15) is 0 Å². The van der Waals surface area contributed by atoms with Crippen LogP contribution in [0.15, 0.2) is 0 Å². The molecule has 0 spiro atoms. The second-order valence-electron chi connectivity index (χ2n) is 5.21. The molecule has 0 rings (SSSR count). The average molecular weight is 380 g/mol. The quantitative estimate of drug-likeness (QED) is 0.123. The molecule has 0 aliphatic carbocycles. The first-order valence-corrected chi connectivity index (χ1v) is 7.64. The maximum absolute atomic E-state index is 12.0. The van der Waals surface area contributed by atoms with E-state index in [-0.39, 0.29) is 18.3 Å². The Morgan fingerprint density at radius 3 is 2.28 bits per heavy atom. The summed E-state index contributed by atoms with van der Waals surface area (Å²) in [6.07, 6.45) is -1.68. The maximum Gasteiger partial charge on any atom is 0.328 e. The molecule has 0 radical (unpaired) electrons. The van der Waals surface area contributed by atoms with Gasteiger partial charge in [0.1, 0.15) is 6.04 Å². The normalized spacial score (nSPS) is 15.4. The van der Waals surface area contributed by atoms with E-state index in [0.717, 1.165) is 0 Å². The summed E-state index contributed by atoms with van der Waals surface area (Å²) in [6, 6.07) is -3.20. The molecule has 0 aliphatic heterocycles. The van der Waals surface area contributed by atoms with Gasteiger partial charge in [0, 0.05) is 12.6 Å². The number of hydrogen-bond donors (Lipinski definition) is 9. The van der Waals surface area contributed by atoms with Crippen molar-refractivity contribution in [1.29, 1.82) is 0 Å². The predicted octanol–water partition coefficient (Wildman–Crippen LogP) is -4.53. The van der Waals surface area contributed by atoms with E-state index in [1.54, 1.807) is 0 Å². The summed E-state index contributed by atoms with van der Waals surface area (Å²) in [5, 5.41) is 31.6. The first kappa shape index (κ1) is 22.9. The standard InChI is InChI=1S/C12H24N6O6S/c1-5(20)9(11(23)24)17-12(25)16-7(2-8(14)21)10(22)18-15-3-6(13)4-19/h5-7,9,15,19-20H,2-4,13H2,1H3,(H2,14,21)(H,18,22)(H,23,24)(H2,16,17,25). The van der Waals surface area contributed by atoms with Crippen molar-refractivity contribution in [2.75, 3.05) is 13.2 Å². The van der Waals surface area contributed by atoms with E-state index in [4.69, 9.17) is 33.9 Å². The van der Waals surface area contributed by atoms with Gasteiger partial charge in [0.15, 0.2) is 11.2 Å². The molecular formula is C12H24N6O6S. The summed E-state index contributed by atoms with van der Waals surface area (Å²) in [5.74, 6) is -2.86. The Kier molecular flexibility index (Phi) is 10.5. The van der Waals surface area contributed by atoms with E-state index in [1.807, 2.05) is 0 Å². The van der Waals surface area contributed by atoms with Gasteiger partial charge in [-0.3, -0.25) is 15.0 Å². The molecule has 4 atom stereocenters. The highest BCUT2D eigenvalue weighted by Crippen LogP contribution is 1.96. The number of amides is 2. The topological polar surface area (TPSA) is 212 Å². The number of carbonyl (C=O) groups is 3. The smallest absolute Gasteiger partial charge is 0.328 e. The van der Waals surface area contributed by atoms with Gasteiger partial charge < -0.3 is 37.4 Å². The summed E-state index contributed by atoms with van der Waals surface area (Å²) in [7, 11) is 0. The van der Waals surface area contributed by atoms with Gasteiger partial charge in [0.25, 0.3) is 5.91 Å². The predicted molar refractivity (Wildman–Crippen MR) is 90.8 cm³/mol. The van der Waals surface area contributed by atoms with Gasteiger partial charge in [0.05, 0.1) is 19.1 Å². The minimum Gasteiger partial charge on any atom is -0.480 e. The average Bonchev–Trinajstić information content (AvgIpc) is 2.50. The van der Waals surface area contributed by atoms with Crippen LogP contribution in [0.5, 0.6) is 0 Å². The third-order valence-corrected chi connectivity index (χ3v) is 3.11. The fourth-order valence-electron chi connectivity index (χ4n) is 1.56. The van der Waals surface area contributed by atoms with Crippen LogP contribution >= 0.6 is 12.2 Å². The van der Waals surface area contributed by atoms with E-state index < -0.39 is 48.4 Å². The number of carboxylic acids is 1. The van der Waals surface area contributed by atoms with Crippen LogP contribution in [-0.2, 0) is 14.4 Å². The molecule has 0 aromatic heterocycles. The molecule has 4 unspecified atom stereocenters. The Morgan fingerprint density at radius 1 is 1.24 bits per heavy atom. The summed E-state index contributed by atoms with van der Waals surface area (Å²) in [6.45, 7) is 1.02. The van der Waals surface area contributed by atoms with Crippen LogP contribution < -0.4 is 33.0 Å². The molecule has 144 valence electrons. The highest BCUT2D eigenvalue weighted by Gasteiger charge is 2.26. The largest absolute Gasteiger partial charge is 0.480 e. The molecule has 12 nitrogen and oxygen atoms in total. The number of carboxylic acid groups (broad SMARTS) is 1. The maximum atomic E-state index is 12.0. The molecule has 0 heterocycles. The monoisotopic (exact) mass is 380 g/mol. The summed E-state index contributed by atoms with van der Waals surface area (Å²) in [5.41, 5.74) is 15.2. The van der Waals surface area contributed by atoms with E-state index in [0.29, 0.717) is 0 Å². The highest BCUT2D eigenvalue weighted by atomic mass is 32.1. The van der Waals surface area contributed by atoms with Gasteiger partial charge in [-0.15, -0.1) is 0 Å². The van der Waals surface area contributed by atoms with Gasteiger partial charge in [0.2, 0.25) is 5.91 Å². The van der Waals surface area contributed by atoms with Crippen molar-refractivity contribution >= 4 is 35.1 Å². The molecule has 0 bridgehead atoms. The second-order valence-corrected chi connectivity index (χ2v) is 5.62. The lowest BCUT2D eigenvalue weighted by Gasteiger charge is -2.23. The second kappa shape index (κ2) is 11.5. The van der Waals surface area contributed by atoms with Crippen molar-refractivity contribution in [3.8, 4) is 0 Å². The number of rotatable bonds is 11. The SMILES string of the molecule is CC(O)C(NC(=S)NC(CC(N)=O)C(=O)NNCC(N)CO)C(=O)O. The van der Waals surface area contributed by atoms with Crippen LogP contribution in [0.1, 0.15) is 13.3 Å². The Labute approximate surface area is 149 Å². The van der Waals surface area contributed by atoms with Crippen molar-refractivity contribution in [3.63, 3.8) is 0 Å². The molecule has 25 heavy (non-hydrogen) atoms. The van der Waals surface area contributed by atoms with Gasteiger partial charge in [-0.05, 0) is 19.1 Å². The number of nitrogens with one attached hydrogen (secondary N) is 4. The van der Waals surface area contributed by atoms with Crippen LogP contribution in [0.3, 0.4) is 0 Å². The molecule has 0 aromatic carbocycles. The molecule has 0 saturated carbocycles. The fraction of sp³-hybridized carbons (Fsp3) is 0.667. The van der Waals surface area contributed by atoms with Crippen molar-refractivity contribution < 1.29 is 29.7 Å². The molecule has 2 amide bonds. The summed E-state index contributed by atoms with van der Waals surface area (Å²) < 4.78 is 0. The number of carbonyl (C=O) groups excluding carboxylic acids is 2.